The van der Waals surface area contributed by atoms with Gasteiger partial charge in [-0.15, -0.1) is 0 Å². The summed E-state index contributed by atoms with van der Waals surface area (Å²) in [5.41, 5.74) is 2.41. The number of aryl methyl sites for hydroxylation is 1. The van der Waals surface area contributed by atoms with Crippen LogP contribution in [-0.2, 0) is 20.8 Å². The van der Waals surface area contributed by atoms with Crippen LogP contribution in [0.3, 0.4) is 0 Å². The molecule has 1 aromatic rings. The fourth-order valence-electron chi connectivity index (χ4n) is 3.86. The number of morpholine rings is 1. The van der Waals surface area contributed by atoms with Gasteiger partial charge in [-0.3, -0.25) is 14.7 Å². The minimum absolute atomic E-state index is 0.164. The molecule has 0 aliphatic carbocycles. The summed E-state index contributed by atoms with van der Waals surface area (Å²) in [6.45, 7) is 7.55. The zero-order valence-electron chi connectivity index (χ0n) is 15.3. The van der Waals surface area contributed by atoms with Crippen LogP contribution < -0.4 is 0 Å². The molecule has 138 valence electrons. The highest BCUT2D eigenvalue weighted by Crippen LogP contribution is 2.25. The molecule has 2 atom stereocenters. The number of ether oxygens (including phenoxy) is 2. The van der Waals surface area contributed by atoms with Crippen LogP contribution in [0.2, 0.25) is 0 Å². The molecule has 0 N–H and O–H groups in total. The van der Waals surface area contributed by atoms with Gasteiger partial charge in [-0.05, 0) is 24.5 Å². The summed E-state index contributed by atoms with van der Waals surface area (Å²) in [6.07, 6.45) is 5.50. The summed E-state index contributed by atoms with van der Waals surface area (Å²) in [4.78, 5) is 21.3. The number of likely N-dealkylation sites (tertiary alicyclic amines) is 1. The summed E-state index contributed by atoms with van der Waals surface area (Å²) in [7, 11) is 1.76. The summed E-state index contributed by atoms with van der Waals surface area (Å²) in [5, 5.41) is 0. The van der Waals surface area contributed by atoms with Gasteiger partial charge in [0.2, 0.25) is 5.91 Å². The largest absolute Gasteiger partial charge is 0.381 e. The SMILES string of the molecule is CO[C@@H]1CCN(Cc2cncc(C)c2)C[C@H]1CC(=O)N1CCOCC1. The van der Waals surface area contributed by atoms with E-state index in [-0.39, 0.29) is 17.9 Å². The molecule has 1 amide bonds. The summed E-state index contributed by atoms with van der Waals surface area (Å²) in [5.74, 6) is 0.473. The maximum Gasteiger partial charge on any atom is 0.223 e. The number of hydrogen-bond donors (Lipinski definition) is 0. The zero-order valence-corrected chi connectivity index (χ0v) is 15.3. The Morgan fingerprint density at radius 3 is 2.84 bits per heavy atom. The normalized spacial score (nSPS) is 25.1. The van der Waals surface area contributed by atoms with Crippen molar-refractivity contribution < 1.29 is 14.3 Å². The highest BCUT2D eigenvalue weighted by molar-refractivity contribution is 5.76. The molecule has 2 fully saturated rings. The first-order valence-corrected chi connectivity index (χ1v) is 9.17. The average Bonchev–Trinajstić information content (AvgIpc) is 2.63. The predicted octanol–water partition coefficient (Wildman–Crippen LogP) is 1.48. The van der Waals surface area contributed by atoms with Crippen molar-refractivity contribution in [2.75, 3.05) is 46.5 Å². The molecule has 0 saturated carbocycles. The molecule has 6 nitrogen and oxygen atoms in total. The maximum atomic E-state index is 12.6. The van der Waals surface area contributed by atoms with Crippen molar-refractivity contribution in [2.24, 2.45) is 5.92 Å². The number of carbonyl (C=O) groups excluding carboxylic acids is 1. The number of pyridine rings is 1. The molecule has 0 aromatic carbocycles. The fraction of sp³-hybridized carbons (Fsp3) is 0.684. The lowest BCUT2D eigenvalue weighted by atomic mass is 9.90. The lowest BCUT2D eigenvalue weighted by Crippen LogP contribution is -2.47. The Morgan fingerprint density at radius 1 is 1.32 bits per heavy atom. The third-order valence-corrected chi connectivity index (χ3v) is 5.19. The van der Waals surface area contributed by atoms with Crippen LogP contribution in [0, 0.1) is 12.8 Å². The lowest BCUT2D eigenvalue weighted by Gasteiger charge is -2.38. The van der Waals surface area contributed by atoms with Crippen molar-refractivity contribution >= 4 is 5.91 Å². The minimum Gasteiger partial charge on any atom is -0.381 e. The van der Waals surface area contributed by atoms with Crippen molar-refractivity contribution in [2.45, 2.75) is 32.4 Å². The van der Waals surface area contributed by atoms with E-state index in [4.69, 9.17) is 9.47 Å². The van der Waals surface area contributed by atoms with Crippen molar-refractivity contribution in [3.05, 3.63) is 29.6 Å². The Hall–Kier alpha value is -1.50. The highest BCUT2D eigenvalue weighted by Gasteiger charge is 2.32. The molecule has 0 spiro atoms. The van der Waals surface area contributed by atoms with Gasteiger partial charge < -0.3 is 14.4 Å². The van der Waals surface area contributed by atoms with Crippen LogP contribution in [0.4, 0.5) is 0 Å². The van der Waals surface area contributed by atoms with Crippen LogP contribution in [0.25, 0.3) is 0 Å². The summed E-state index contributed by atoms with van der Waals surface area (Å²) in [6, 6.07) is 2.18. The first kappa shape index (κ1) is 18.3. The molecule has 25 heavy (non-hydrogen) atoms. The Labute approximate surface area is 150 Å². The van der Waals surface area contributed by atoms with Gasteiger partial charge in [0.1, 0.15) is 0 Å². The van der Waals surface area contributed by atoms with Crippen LogP contribution in [0.15, 0.2) is 18.5 Å². The first-order valence-electron chi connectivity index (χ1n) is 9.17. The molecule has 3 rings (SSSR count). The van der Waals surface area contributed by atoms with Gasteiger partial charge in [0.15, 0.2) is 0 Å². The van der Waals surface area contributed by atoms with Crippen molar-refractivity contribution in [3.8, 4) is 0 Å². The molecule has 2 saturated heterocycles. The second-order valence-electron chi connectivity index (χ2n) is 7.13. The molecule has 0 unspecified atom stereocenters. The molecular weight excluding hydrogens is 318 g/mol. The van der Waals surface area contributed by atoms with Gasteiger partial charge >= 0.3 is 0 Å². The zero-order chi connectivity index (χ0) is 17.6. The van der Waals surface area contributed by atoms with Crippen molar-refractivity contribution in [1.82, 2.24) is 14.8 Å². The second-order valence-corrected chi connectivity index (χ2v) is 7.13. The highest BCUT2D eigenvalue weighted by atomic mass is 16.5. The second kappa shape index (κ2) is 8.74. The van der Waals surface area contributed by atoms with E-state index in [1.165, 1.54) is 11.1 Å². The molecule has 0 bridgehead atoms. The Morgan fingerprint density at radius 2 is 2.12 bits per heavy atom. The third kappa shape index (κ3) is 5.00. The van der Waals surface area contributed by atoms with Gasteiger partial charge in [0.25, 0.3) is 0 Å². The number of carbonyl (C=O) groups is 1. The summed E-state index contributed by atoms with van der Waals surface area (Å²) >= 11 is 0. The van der Waals surface area contributed by atoms with E-state index < -0.39 is 0 Å². The summed E-state index contributed by atoms with van der Waals surface area (Å²) < 4.78 is 11.0. The lowest BCUT2D eigenvalue weighted by molar-refractivity contribution is -0.138. The maximum absolute atomic E-state index is 12.6. The van der Waals surface area contributed by atoms with E-state index in [1.54, 1.807) is 7.11 Å². The van der Waals surface area contributed by atoms with E-state index in [2.05, 4.69) is 22.9 Å². The smallest absolute Gasteiger partial charge is 0.223 e. The van der Waals surface area contributed by atoms with Crippen LogP contribution >= 0.6 is 0 Å². The van der Waals surface area contributed by atoms with Crippen LogP contribution in [0.5, 0.6) is 0 Å². The number of aromatic nitrogens is 1. The van der Waals surface area contributed by atoms with Gasteiger partial charge in [0.05, 0.1) is 19.3 Å². The number of piperidine rings is 1. The number of amides is 1. The number of methoxy groups -OCH3 is 1. The molecule has 2 aliphatic heterocycles. The number of rotatable bonds is 5. The molecular formula is C19H29N3O3. The first-order chi connectivity index (χ1) is 12.2. The molecule has 1 aromatic heterocycles. The van der Waals surface area contributed by atoms with Gasteiger partial charge in [0, 0.05) is 64.6 Å². The number of nitrogens with zero attached hydrogens (tertiary/aromatic N) is 3. The molecule has 2 aliphatic rings. The van der Waals surface area contributed by atoms with Gasteiger partial charge in [-0.2, -0.15) is 0 Å². The topological polar surface area (TPSA) is 54.9 Å². The predicted molar refractivity (Wildman–Crippen MR) is 95.2 cm³/mol. The van der Waals surface area contributed by atoms with E-state index in [0.717, 1.165) is 26.1 Å². The molecule has 6 heteroatoms. The Kier molecular flexibility index (Phi) is 6.39. The standard InChI is InChI=1S/C19H29N3O3/c1-15-9-16(12-20-11-15)13-21-4-3-18(24-2)17(14-21)10-19(23)22-5-7-25-8-6-22/h9,11-12,17-18H,3-8,10,13-14H2,1-2H3/t17-,18-/m1/s1. The van der Waals surface area contributed by atoms with Crippen LogP contribution in [0.1, 0.15) is 24.0 Å². The quantitative estimate of drug-likeness (QED) is 0.807. The third-order valence-electron chi connectivity index (χ3n) is 5.19. The molecule has 0 radical (unpaired) electrons. The Balaban J connectivity index is 1.59. The van der Waals surface area contributed by atoms with E-state index >= 15 is 0 Å². The van der Waals surface area contributed by atoms with E-state index in [1.807, 2.05) is 17.3 Å². The fourth-order valence-corrected chi connectivity index (χ4v) is 3.86. The average molecular weight is 347 g/mol. The minimum atomic E-state index is 0.164. The molecule has 3 heterocycles. The monoisotopic (exact) mass is 347 g/mol. The van der Waals surface area contributed by atoms with Crippen LogP contribution in [-0.4, -0.2) is 73.3 Å². The van der Waals surface area contributed by atoms with E-state index in [0.29, 0.717) is 32.7 Å². The van der Waals surface area contributed by atoms with Gasteiger partial charge in [-0.25, -0.2) is 0 Å². The van der Waals surface area contributed by atoms with E-state index in [9.17, 15) is 4.79 Å². The van der Waals surface area contributed by atoms with Gasteiger partial charge in [-0.1, -0.05) is 6.07 Å². The van der Waals surface area contributed by atoms with Crippen molar-refractivity contribution in [1.29, 1.82) is 0 Å². The Bertz CT molecular complexity index is 575. The van der Waals surface area contributed by atoms with Crippen molar-refractivity contribution in [3.63, 3.8) is 0 Å². The number of hydrogen-bond acceptors (Lipinski definition) is 5.